The number of amides is 1. The SMILES string of the molecule is CC(=C=COC(=O)N(C(C)C)C(C)C)[C@@H](O)c1ccccc1. The lowest BCUT2D eigenvalue weighted by Gasteiger charge is -2.28. The van der Waals surface area contributed by atoms with Gasteiger partial charge in [-0.15, -0.1) is 0 Å². The van der Waals surface area contributed by atoms with Crippen molar-refractivity contribution in [2.75, 3.05) is 0 Å². The maximum absolute atomic E-state index is 12.0. The molecule has 0 radical (unpaired) electrons. The number of benzene rings is 1. The molecule has 0 saturated carbocycles. The number of aliphatic hydroxyl groups excluding tert-OH is 1. The highest BCUT2D eigenvalue weighted by molar-refractivity contribution is 5.68. The Morgan fingerprint density at radius 2 is 1.73 bits per heavy atom. The second kappa shape index (κ2) is 8.42. The van der Waals surface area contributed by atoms with Crippen LogP contribution in [0.2, 0.25) is 0 Å². The molecule has 1 atom stereocenters. The summed E-state index contributed by atoms with van der Waals surface area (Å²) in [5.74, 6) is 0. The number of rotatable bonds is 5. The van der Waals surface area contributed by atoms with E-state index in [1.54, 1.807) is 11.8 Å². The first-order valence-corrected chi connectivity index (χ1v) is 7.48. The minimum Gasteiger partial charge on any atom is -0.410 e. The Morgan fingerprint density at radius 3 is 2.23 bits per heavy atom. The van der Waals surface area contributed by atoms with Gasteiger partial charge in [0.2, 0.25) is 0 Å². The molecule has 0 heterocycles. The van der Waals surface area contributed by atoms with Crippen LogP contribution < -0.4 is 0 Å². The minimum absolute atomic E-state index is 0.0564. The van der Waals surface area contributed by atoms with Crippen molar-refractivity contribution in [1.29, 1.82) is 0 Å². The first-order valence-electron chi connectivity index (χ1n) is 7.48. The fourth-order valence-corrected chi connectivity index (χ4v) is 2.22. The van der Waals surface area contributed by atoms with Crippen molar-refractivity contribution < 1.29 is 14.6 Å². The van der Waals surface area contributed by atoms with Crippen LogP contribution in [0, 0.1) is 0 Å². The first kappa shape index (κ1) is 18.0. The Morgan fingerprint density at radius 1 is 1.18 bits per heavy atom. The topological polar surface area (TPSA) is 49.8 Å². The summed E-state index contributed by atoms with van der Waals surface area (Å²) < 4.78 is 5.10. The van der Waals surface area contributed by atoms with Crippen LogP contribution in [0.15, 0.2) is 47.9 Å². The molecule has 0 aliphatic heterocycles. The van der Waals surface area contributed by atoms with Crippen LogP contribution in [-0.2, 0) is 4.74 Å². The van der Waals surface area contributed by atoms with Crippen molar-refractivity contribution in [2.45, 2.75) is 52.8 Å². The number of nitrogens with zero attached hydrogens (tertiary/aromatic N) is 1. The molecule has 22 heavy (non-hydrogen) atoms. The van der Waals surface area contributed by atoms with Crippen LogP contribution in [0.4, 0.5) is 4.79 Å². The van der Waals surface area contributed by atoms with Gasteiger partial charge in [0.05, 0.1) is 0 Å². The molecule has 1 N–H and O–H groups in total. The molecule has 0 aliphatic rings. The molecule has 0 saturated heterocycles. The fourth-order valence-electron chi connectivity index (χ4n) is 2.22. The predicted molar refractivity (Wildman–Crippen MR) is 87.3 cm³/mol. The number of ether oxygens (including phenoxy) is 1. The van der Waals surface area contributed by atoms with Gasteiger partial charge in [-0.05, 0) is 40.2 Å². The Balaban J connectivity index is 2.76. The number of aliphatic hydroxyl groups is 1. The van der Waals surface area contributed by atoms with E-state index in [4.69, 9.17) is 4.74 Å². The summed E-state index contributed by atoms with van der Waals surface area (Å²) in [5, 5.41) is 10.2. The summed E-state index contributed by atoms with van der Waals surface area (Å²) >= 11 is 0. The molecule has 1 aromatic carbocycles. The van der Waals surface area contributed by atoms with Gasteiger partial charge in [-0.1, -0.05) is 36.1 Å². The maximum atomic E-state index is 12.0. The summed E-state index contributed by atoms with van der Waals surface area (Å²) in [4.78, 5) is 13.6. The van der Waals surface area contributed by atoms with Gasteiger partial charge in [-0.2, -0.15) is 0 Å². The Labute approximate surface area is 132 Å². The van der Waals surface area contributed by atoms with E-state index in [9.17, 15) is 9.90 Å². The van der Waals surface area contributed by atoms with Gasteiger partial charge in [0.15, 0.2) is 0 Å². The van der Waals surface area contributed by atoms with Crippen LogP contribution in [0.5, 0.6) is 0 Å². The van der Waals surface area contributed by atoms with Crippen LogP contribution >= 0.6 is 0 Å². The summed E-state index contributed by atoms with van der Waals surface area (Å²) in [6.45, 7) is 9.48. The third-order valence-electron chi connectivity index (χ3n) is 3.30. The zero-order chi connectivity index (χ0) is 16.7. The van der Waals surface area contributed by atoms with Crippen molar-refractivity contribution in [2.24, 2.45) is 0 Å². The first-order chi connectivity index (χ1) is 10.3. The number of hydrogen-bond donors (Lipinski definition) is 1. The van der Waals surface area contributed by atoms with E-state index < -0.39 is 12.2 Å². The third-order valence-corrected chi connectivity index (χ3v) is 3.30. The largest absolute Gasteiger partial charge is 0.415 e. The van der Waals surface area contributed by atoms with Crippen LogP contribution in [0.1, 0.15) is 46.3 Å². The molecule has 0 bridgehead atoms. The van der Waals surface area contributed by atoms with E-state index in [0.717, 1.165) is 5.56 Å². The van der Waals surface area contributed by atoms with Crippen molar-refractivity contribution in [3.63, 3.8) is 0 Å². The lowest BCUT2D eigenvalue weighted by molar-refractivity contribution is 0.109. The zero-order valence-electron chi connectivity index (χ0n) is 13.9. The van der Waals surface area contributed by atoms with Gasteiger partial charge >= 0.3 is 6.09 Å². The second-order valence-corrected chi connectivity index (χ2v) is 5.74. The van der Waals surface area contributed by atoms with Crippen LogP contribution in [0.3, 0.4) is 0 Å². The fraction of sp³-hybridized carbons (Fsp3) is 0.444. The molecule has 0 aliphatic carbocycles. The standard InChI is InChI=1S/C18H25NO3/c1-13(2)19(14(3)4)18(21)22-12-11-15(5)17(20)16-9-7-6-8-10-16/h6-10,12-14,17,20H,1-5H3/t11?,17-/m1/s1. The molecule has 1 rings (SSSR count). The summed E-state index contributed by atoms with van der Waals surface area (Å²) in [6.07, 6.45) is 0.0312. The Bertz CT molecular complexity index is 535. The van der Waals surface area contributed by atoms with Gasteiger partial charge in [-0.3, -0.25) is 0 Å². The van der Waals surface area contributed by atoms with Crippen LogP contribution in [0.25, 0.3) is 0 Å². The van der Waals surface area contributed by atoms with Crippen molar-refractivity contribution in [3.8, 4) is 0 Å². The lowest BCUT2D eigenvalue weighted by Crippen LogP contribution is -2.41. The maximum Gasteiger partial charge on any atom is 0.415 e. The van der Waals surface area contributed by atoms with Gasteiger partial charge in [0.25, 0.3) is 0 Å². The van der Waals surface area contributed by atoms with E-state index in [-0.39, 0.29) is 12.1 Å². The molecule has 0 unspecified atom stereocenters. The summed E-state index contributed by atoms with van der Waals surface area (Å²) in [6, 6.07) is 9.39. The predicted octanol–water partition coefficient (Wildman–Crippen LogP) is 4.03. The van der Waals surface area contributed by atoms with E-state index >= 15 is 0 Å². The highest BCUT2D eigenvalue weighted by Gasteiger charge is 2.20. The van der Waals surface area contributed by atoms with Gasteiger partial charge in [-0.25, -0.2) is 4.79 Å². The molecular formula is C18H25NO3. The summed E-state index contributed by atoms with van der Waals surface area (Å²) in [7, 11) is 0. The van der Waals surface area contributed by atoms with Crippen molar-refractivity contribution >= 4 is 6.09 Å². The van der Waals surface area contributed by atoms with Crippen molar-refractivity contribution in [1.82, 2.24) is 4.90 Å². The number of carbonyl (C=O) groups is 1. The molecule has 1 amide bonds. The second-order valence-electron chi connectivity index (χ2n) is 5.74. The van der Waals surface area contributed by atoms with Gasteiger partial charge < -0.3 is 14.7 Å². The molecule has 4 heteroatoms. The molecular weight excluding hydrogens is 278 g/mol. The highest BCUT2D eigenvalue weighted by Crippen LogP contribution is 2.19. The molecule has 0 spiro atoms. The monoisotopic (exact) mass is 303 g/mol. The molecule has 0 fully saturated rings. The molecule has 1 aromatic rings. The average Bonchev–Trinajstić information content (AvgIpc) is 2.46. The van der Waals surface area contributed by atoms with Crippen LogP contribution in [-0.4, -0.2) is 28.2 Å². The quantitative estimate of drug-likeness (QED) is 0.660. The van der Waals surface area contributed by atoms with E-state index in [1.807, 2.05) is 58.0 Å². The molecule has 4 nitrogen and oxygen atoms in total. The van der Waals surface area contributed by atoms with E-state index in [1.165, 1.54) is 6.26 Å². The molecule has 0 aromatic heterocycles. The van der Waals surface area contributed by atoms with Gasteiger partial charge in [0.1, 0.15) is 12.4 Å². The summed E-state index contributed by atoms with van der Waals surface area (Å²) in [5.41, 5.74) is 4.18. The highest BCUT2D eigenvalue weighted by atomic mass is 16.5. The lowest BCUT2D eigenvalue weighted by atomic mass is 10.0. The average molecular weight is 303 g/mol. The van der Waals surface area contributed by atoms with Gasteiger partial charge in [0, 0.05) is 17.7 Å². The third kappa shape index (κ3) is 5.06. The minimum atomic E-state index is -0.762. The van der Waals surface area contributed by atoms with E-state index in [2.05, 4.69) is 5.73 Å². The van der Waals surface area contributed by atoms with E-state index in [0.29, 0.717) is 5.57 Å². The number of hydrogen-bond acceptors (Lipinski definition) is 3. The van der Waals surface area contributed by atoms with Crippen molar-refractivity contribution in [3.05, 3.63) is 53.5 Å². The Kier molecular flexibility index (Phi) is 6.90. The smallest absolute Gasteiger partial charge is 0.410 e. The molecule has 120 valence electrons. The Hall–Kier alpha value is -2.03. The zero-order valence-corrected chi connectivity index (χ0v) is 13.9. The normalized spacial score (nSPS) is 11.8. The number of carbonyl (C=O) groups excluding carboxylic acids is 1.